The van der Waals surface area contributed by atoms with Crippen LogP contribution in [0.1, 0.15) is 0 Å². The molecule has 0 N–H and O–H groups in total. The second-order valence-corrected chi connectivity index (χ2v) is 14.4. The number of benzene rings is 8. The Kier molecular flexibility index (Phi) is 7.67. The van der Waals surface area contributed by atoms with Crippen molar-refractivity contribution in [3.63, 3.8) is 0 Å². The molecule has 0 saturated carbocycles. The summed E-state index contributed by atoms with van der Waals surface area (Å²) in [7, 11) is 0. The highest BCUT2D eigenvalue weighted by atomic mass is 32.1. The molecule has 4 heteroatoms. The Morgan fingerprint density at radius 3 is 1.26 bits per heavy atom. The number of hydrogen-bond acceptors (Lipinski definition) is 4. The van der Waals surface area contributed by atoms with Crippen LogP contribution in [-0.4, -0.2) is 15.0 Å². The first-order valence-electron chi connectivity index (χ1n) is 17.8. The van der Waals surface area contributed by atoms with Crippen LogP contribution in [0.4, 0.5) is 0 Å². The molecule has 10 rings (SSSR count). The van der Waals surface area contributed by atoms with Crippen LogP contribution < -0.4 is 0 Å². The third kappa shape index (κ3) is 5.95. The molecule has 0 unspecified atom stereocenters. The molecule has 2 aromatic heterocycles. The van der Waals surface area contributed by atoms with Crippen LogP contribution in [0, 0.1) is 0 Å². The minimum absolute atomic E-state index is 0.660. The van der Waals surface area contributed by atoms with Gasteiger partial charge in [0.25, 0.3) is 0 Å². The van der Waals surface area contributed by atoms with E-state index in [-0.39, 0.29) is 0 Å². The normalized spacial score (nSPS) is 11.4. The Bertz CT molecular complexity index is 2880. The van der Waals surface area contributed by atoms with E-state index in [2.05, 4.69) is 170 Å². The van der Waals surface area contributed by atoms with Gasteiger partial charge in [0.1, 0.15) is 0 Å². The highest BCUT2D eigenvalue weighted by Gasteiger charge is 2.15. The maximum absolute atomic E-state index is 5.07. The third-order valence-electron chi connectivity index (χ3n) is 9.89. The van der Waals surface area contributed by atoms with Crippen LogP contribution >= 0.6 is 11.3 Å². The van der Waals surface area contributed by atoms with Gasteiger partial charge < -0.3 is 0 Å². The quantitative estimate of drug-likeness (QED) is 0.174. The number of hydrogen-bond donors (Lipinski definition) is 0. The van der Waals surface area contributed by atoms with Gasteiger partial charge in [-0.1, -0.05) is 152 Å². The molecule has 0 spiro atoms. The fraction of sp³-hybridized carbons (Fsp3) is 0. The summed E-state index contributed by atoms with van der Waals surface area (Å²) in [5.74, 6) is 1.98. The number of nitrogens with zero attached hydrogens (tertiary/aromatic N) is 3. The van der Waals surface area contributed by atoms with Crippen molar-refractivity contribution < 1.29 is 0 Å². The van der Waals surface area contributed by atoms with Gasteiger partial charge in [-0.3, -0.25) is 0 Å². The lowest BCUT2D eigenvalue weighted by molar-refractivity contribution is 1.08. The first kappa shape index (κ1) is 31.0. The molecule has 2 heterocycles. The van der Waals surface area contributed by atoms with E-state index >= 15 is 0 Å². The largest absolute Gasteiger partial charge is 0.208 e. The minimum Gasteiger partial charge on any atom is -0.208 e. The molecule has 0 aliphatic carbocycles. The van der Waals surface area contributed by atoms with Crippen LogP contribution in [0.2, 0.25) is 0 Å². The zero-order valence-electron chi connectivity index (χ0n) is 28.6. The molecule has 0 aliphatic heterocycles. The summed E-state index contributed by atoms with van der Waals surface area (Å²) in [4.78, 5) is 15.1. The first-order chi connectivity index (χ1) is 26.2. The van der Waals surface area contributed by atoms with Crippen molar-refractivity contribution in [1.82, 2.24) is 15.0 Å². The zero-order valence-corrected chi connectivity index (χ0v) is 29.5. The van der Waals surface area contributed by atoms with Gasteiger partial charge in [-0.2, -0.15) is 0 Å². The zero-order chi connectivity index (χ0) is 35.1. The molecule has 53 heavy (non-hydrogen) atoms. The number of aromatic nitrogens is 3. The topological polar surface area (TPSA) is 38.7 Å². The predicted octanol–water partition coefficient (Wildman–Crippen LogP) is 13.4. The molecule has 10 aromatic rings. The van der Waals surface area contributed by atoms with E-state index in [1.54, 1.807) is 0 Å². The summed E-state index contributed by atoms with van der Waals surface area (Å²) in [5, 5.41) is 4.82. The Morgan fingerprint density at radius 2 is 0.679 bits per heavy atom. The van der Waals surface area contributed by atoms with Gasteiger partial charge in [0.2, 0.25) is 0 Å². The first-order valence-corrected chi connectivity index (χ1v) is 18.6. The standard InChI is InChI=1S/C49H31N3S/c1-4-12-32(13-5-1)40-27-41(33-14-6-2-7-15-33)29-42(28-40)37-22-24-43-44-25-23-39(31-46(44)53-45(43)30-37)49-51-47(35-17-8-3-9-18-35)50-48(52-49)38-21-20-34-16-10-11-19-36(34)26-38/h1-31H. The molecule has 0 atom stereocenters. The highest BCUT2D eigenvalue weighted by molar-refractivity contribution is 7.25. The van der Waals surface area contributed by atoms with E-state index in [4.69, 9.17) is 15.0 Å². The van der Waals surface area contributed by atoms with Crippen LogP contribution in [-0.2, 0) is 0 Å². The number of thiophene rings is 1. The van der Waals surface area contributed by atoms with Gasteiger partial charge >= 0.3 is 0 Å². The second kappa shape index (κ2) is 13.1. The Hall–Kier alpha value is -6.75. The SMILES string of the molecule is c1ccc(-c2cc(-c3ccccc3)cc(-c3ccc4c(c3)sc3cc(-c5nc(-c6ccccc6)nc(-c6ccc7ccccc7c6)n5)ccc34)c2)cc1. The average molecular weight is 694 g/mol. The molecular weight excluding hydrogens is 663 g/mol. The molecule has 0 amide bonds. The molecule has 8 aromatic carbocycles. The molecule has 0 fully saturated rings. The summed E-state index contributed by atoms with van der Waals surface area (Å²) in [5.41, 5.74) is 10.1. The van der Waals surface area contributed by atoms with Gasteiger partial charge in [0.15, 0.2) is 17.5 Å². The van der Waals surface area contributed by atoms with E-state index in [1.807, 2.05) is 29.5 Å². The lowest BCUT2D eigenvalue weighted by Crippen LogP contribution is -2.00. The van der Waals surface area contributed by atoms with Crippen molar-refractivity contribution >= 4 is 42.3 Å². The van der Waals surface area contributed by atoms with Crippen molar-refractivity contribution in [2.45, 2.75) is 0 Å². The Balaban J connectivity index is 1.08. The smallest absolute Gasteiger partial charge is 0.164 e. The van der Waals surface area contributed by atoms with Gasteiger partial charge in [0, 0.05) is 36.9 Å². The molecule has 0 aliphatic rings. The van der Waals surface area contributed by atoms with Gasteiger partial charge in [-0.15, -0.1) is 11.3 Å². The molecule has 3 nitrogen and oxygen atoms in total. The molecule has 0 radical (unpaired) electrons. The van der Waals surface area contributed by atoms with Crippen molar-refractivity contribution in [3.8, 4) is 67.5 Å². The van der Waals surface area contributed by atoms with Crippen molar-refractivity contribution in [2.75, 3.05) is 0 Å². The van der Waals surface area contributed by atoms with Crippen molar-refractivity contribution in [3.05, 3.63) is 188 Å². The van der Waals surface area contributed by atoms with E-state index in [0.717, 1.165) is 22.1 Å². The van der Waals surface area contributed by atoms with Crippen LogP contribution in [0.15, 0.2) is 188 Å². The maximum atomic E-state index is 5.07. The average Bonchev–Trinajstić information content (AvgIpc) is 3.61. The second-order valence-electron chi connectivity index (χ2n) is 13.3. The summed E-state index contributed by atoms with van der Waals surface area (Å²) in [6.45, 7) is 0. The summed E-state index contributed by atoms with van der Waals surface area (Å²) >= 11 is 1.81. The Morgan fingerprint density at radius 1 is 0.264 bits per heavy atom. The fourth-order valence-electron chi connectivity index (χ4n) is 7.16. The molecular formula is C49H31N3S. The lowest BCUT2D eigenvalue weighted by Gasteiger charge is -2.11. The van der Waals surface area contributed by atoms with E-state index in [1.165, 1.54) is 58.9 Å². The lowest BCUT2D eigenvalue weighted by atomic mass is 9.93. The van der Waals surface area contributed by atoms with Gasteiger partial charge in [-0.25, -0.2) is 15.0 Å². The summed E-state index contributed by atoms with van der Waals surface area (Å²) in [6, 6.07) is 66.6. The van der Waals surface area contributed by atoms with E-state index in [9.17, 15) is 0 Å². The van der Waals surface area contributed by atoms with Crippen LogP contribution in [0.3, 0.4) is 0 Å². The van der Waals surface area contributed by atoms with E-state index in [0.29, 0.717) is 17.5 Å². The van der Waals surface area contributed by atoms with E-state index < -0.39 is 0 Å². The van der Waals surface area contributed by atoms with Crippen molar-refractivity contribution in [2.24, 2.45) is 0 Å². The van der Waals surface area contributed by atoms with Crippen LogP contribution in [0.25, 0.3) is 98.5 Å². The summed E-state index contributed by atoms with van der Waals surface area (Å²) < 4.78 is 2.45. The van der Waals surface area contributed by atoms with Gasteiger partial charge in [0.05, 0.1) is 0 Å². The summed E-state index contributed by atoms with van der Waals surface area (Å²) in [6.07, 6.45) is 0. The molecule has 0 bridgehead atoms. The fourth-order valence-corrected chi connectivity index (χ4v) is 8.35. The molecule has 248 valence electrons. The number of fused-ring (bicyclic) bond motifs is 4. The monoisotopic (exact) mass is 693 g/mol. The number of rotatable bonds is 6. The van der Waals surface area contributed by atoms with Crippen LogP contribution in [0.5, 0.6) is 0 Å². The Labute approximate surface area is 311 Å². The third-order valence-corrected chi connectivity index (χ3v) is 11.0. The maximum Gasteiger partial charge on any atom is 0.164 e. The molecule has 0 saturated heterocycles. The predicted molar refractivity (Wildman–Crippen MR) is 223 cm³/mol. The minimum atomic E-state index is 0.660. The highest BCUT2D eigenvalue weighted by Crippen LogP contribution is 2.40. The van der Waals surface area contributed by atoms with Gasteiger partial charge in [-0.05, 0) is 80.6 Å². The van der Waals surface area contributed by atoms with Crippen molar-refractivity contribution in [1.29, 1.82) is 0 Å².